The van der Waals surface area contributed by atoms with E-state index in [4.69, 9.17) is 4.74 Å². The molecule has 0 aromatic carbocycles. The van der Waals surface area contributed by atoms with Gasteiger partial charge in [0.25, 0.3) is 5.56 Å². The second kappa shape index (κ2) is 5.54. The van der Waals surface area contributed by atoms with Gasteiger partial charge >= 0.3 is 0 Å². The fourth-order valence-electron chi connectivity index (χ4n) is 1.95. The summed E-state index contributed by atoms with van der Waals surface area (Å²) in [7, 11) is 1.55. The van der Waals surface area contributed by atoms with E-state index in [9.17, 15) is 4.79 Å². The van der Waals surface area contributed by atoms with Crippen molar-refractivity contribution in [3.8, 4) is 28.5 Å². The summed E-state index contributed by atoms with van der Waals surface area (Å²) >= 11 is 0. The molecule has 0 saturated heterocycles. The minimum Gasteiger partial charge on any atom is -0.481 e. The largest absolute Gasteiger partial charge is 0.481 e. The molecule has 6 nitrogen and oxygen atoms in total. The molecule has 0 spiro atoms. The predicted molar refractivity (Wildman–Crippen MR) is 77.9 cm³/mol. The third-order valence-corrected chi connectivity index (χ3v) is 2.95. The van der Waals surface area contributed by atoms with Crippen LogP contribution in [0.1, 0.15) is 0 Å². The van der Waals surface area contributed by atoms with Crippen LogP contribution in [-0.4, -0.2) is 27.0 Å². The number of H-pyrrole nitrogens is 1. The second-order valence-corrected chi connectivity index (χ2v) is 4.30. The molecule has 0 unspecified atom stereocenters. The van der Waals surface area contributed by atoms with Gasteiger partial charge in [0.15, 0.2) is 0 Å². The summed E-state index contributed by atoms with van der Waals surface area (Å²) in [6.45, 7) is 0. The minimum absolute atomic E-state index is 0.314. The standard InChI is InChI=1S/C15H12N4O2/c1-21-14-8-11(4-7-17-14)12-9-13(20)19-15(18-12)10-2-5-16-6-3-10/h2-9H,1H3,(H,18,19,20). The van der Waals surface area contributed by atoms with Gasteiger partial charge in [-0.3, -0.25) is 9.78 Å². The maximum absolute atomic E-state index is 11.8. The molecule has 6 heteroatoms. The number of pyridine rings is 2. The molecule has 0 aliphatic heterocycles. The average Bonchev–Trinajstić information content (AvgIpc) is 2.55. The zero-order valence-electron chi connectivity index (χ0n) is 11.3. The van der Waals surface area contributed by atoms with Gasteiger partial charge in [-0.25, -0.2) is 4.98 Å². The lowest BCUT2D eigenvalue weighted by molar-refractivity contribution is 0.398. The van der Waals surface area contributed by atoms with E-state index >= 15 is 0 Å². The summed E-state index contributed by atoms with van der Waals surface area (Å²) in [5.74, 6) is 0.978. The van der Waals surface area contributed by atoms with Crippen LogP contribution < -0.4 is 10.3 Å². The fourth-order valence-corrected chi connectivity index (χ4v) is 1.95. The van der Waals surface area contributed by atoms with Crippen LogP contribution in [0.4, 0.5) is 0 Å². The summed E-state index contributed by atoms with van der Waals surface area (Å²) in [4.78, 5) is 27.0. The number of hydrogen-bond donors (Lipinski definition) is 1. The van der Waals surface area contributed by atoms with Crippen molar-refractivity contribution in [2.45, 2.75) is 0 Å². The van der Waals surface area contributed by atoms with Crippen LogP contribution in [0.25, 0.3) is 22.6 Å². The maximum Gasteiger partial charge on any atom is 0.273 e. The van der Waals surface area contributed by atoms with Crippen molar-refractivity contribution in [2.24, 2.45) is 0 Å². The van der Waals surface area contributed by atoms with Crippen molar-refractivity contribution in [1.82, 2.24) is 19.9 Å². The molecule has 3 aromatic heterocycles. The van der Waals surface area contributed by atoms with E-state index in [1.54, 1.807) is 50.0 Å². The molecular formula is C15H12N4O2. The molecule has 0 aliphatic rings. The Labute approximate surface area is 120 Å². The quantitative estimate of drug-likeness (QED) is 0.792. The first-order valence-electron chi connectivity index (χ1n) is 6.28. The lowest BCUT2D eigenvalue weighted by atomic mass is 10.2. The summed E-state index contributed by atoms with van der Waals surface area (Å²) in [5.41, 5.74) is 1.94. The van der Waals surface area contributed by atoms with Crippen molar-refractivity contribution >= 4 is 0 Å². The summed E-state index contributed by atoms with van der Waals surface area (Å²) in [5, 5.41) is 0. The molecule has 0 atom stereocenters. The molecule has 0 aliphatic carbocycles. The summed E-state index contributed by atoms with van der Waals surface area (Å²) < 4.78 is 5.09. The van der Waals surface area contributed by atoms with Crippen molar-refractivity contribution in [3.05, 3.63) is 59.3 Å². The molecule has 1 N–H and O–H groups in total. The number of nitrogens with zero attached hydrogens (tertiary/aromatic N) is 3. The van der Waals surface area contributed by atoms with Gasteiger partial charge in [0, 0.05) is 41.9 Å². The number of nitrogens with one attached hydrogen (secondary N) is 1. The Morgan fingerprint density at radius 3 is 2.57 bits per heavy atom. The smallest absolute Gasteiger partial charge is 0.273 e. The van der Waals surface area contributed by atoms with Gasteiger partial charge in [-0.15, -0.1) is 0 Å². The van der Waals surface area contributed by atoms with Crippen LogP contribution in [0.2, 0.25) is 0 Å². The second-order valence-electron chi connectivity index (χ2n) is 4.30. The molecule has 0 saturated carbocycles. The van der Waals surface area contributed by atoms with Gasteiger partial charge < -0.3 is 9.72 Å². The van der Waals surface area contributed by atoms with Gasteiger partial charge in [-0.1, -0.05) is 0 Å². The first-order chi connectivity index (χ1) is 10.3. The van der Waals surface area contributed by atoms with E-state index in [2.05, 4.69) is 19.9 Å². The van der Waals surface area contributed by atoms with Gasteiger partial charge in [-0.2, -0.15) is 4.98 Å². The normalized spacial score (nSPS) is 10.3. The zero-order chi connectivity index (χ0) is 14.7. The highest BCUT2D eigenvalue weighted by molar-refractivity contribution is 5.63. The highest BCUT2D eigenvalue weighted by Crippen LogP contribution is 2.21. The van der Waals surface area contributed by atoms with Gasteiger partial charge in [0.2, 0.25) is 5.88 Å². The van der Waals surface area contributed by atoms with Crippen LogP contribution in [0, 0.1) is 0 Å². The zero-order valence-corrected chi connectivity index (χ0v) is 11.3. The number of rotatable bonds is 3. The van der Waals surface area contributed by atoms with E-state index in [0.29, 0.717) is 17.4 Å². The summed E-state index contributed by atoms with van der Waals surface area (Å²) in [6.07, 6.45) is 4.92. The molecule has 3 heterocycles. The molecule has 0 radical (unpaired) electrons. The maximum atomic E-state index is 11.8. The minimum atomic E-state index is -0.314. The van der Waals surface area contributed by atoms with Crippen LogP contribution in [0.5, 0.6) is 5.88 Å². The first kappa shape index (κ1) is 13.0. The number of hydrogen-bond acceptors (Lipinski definition) is 5. The molecular weight excluding hydrogens is 268 g/mol. The van der Waals surface area contributed by atoms with Crippen molar-refractivity contribution in [2.75, 3.05) is 7.11 Å². The molecule has 0 fully saturated rings. The summed E-state index contributed by atoms with van der Waals surface area (Å²) in [6, 6.07) is 8.57. The Balaban J connectivity index is 2.12. The first-order valence-corrected chi connectivity index (χ1v) is 6.28. The predicted octanol–water partition coefficient (Wildman–Crippen LogP) is 1.90. The van der Waals surface area contributed by atoms with Crippen molar-refractivity contribution < 1.29 is 4.74 Å². The monoisotopic (exact) mass is 280 g/mol. The van der Waals surface area contributed by atoms with E-state index in [1.807, 2.05) is 0 Å². The van der Waals surface area contributed by atoms with Crippen molar-refractivity contribution in [3.63, 3.8) is 0 Å². The Morgan fingerprint density at radius 1 is 1.05 bits per heavy atom. The number of ether oxygens (including phenoxy) is 1. The Morgan fingerprint density at radius 2 is 1.81 bits per heavy atom. The van der Waals surface area contributed by atoms with Gasteiger partial charge in [-0.05, 0) is 18.2 Å². The third kappa shape index (κ3) is 2.79. The van der Waals surface area contributed by atoms with Crippen LogP contribution in [0.15, 0.2) is 53.7 Å². The van der Waals surface area contributed by atoms with Gasteiger partial charge in [0.05, 0.1) is 12.8 Å². The third-order valence-electron chi connectivity index (χ3n) is 2.95. The molecule has 0 amide bonds. The fraction of sp³-hybridized carbons (Fsp3) is 0.0667. The lowest BCUT2D eigenvalue weighted by Crippen LogP contribution is -2.08. The van der Waals surface area contributed by atoms with Crippen LogP contribution in [0.3, 0.4) is 0 Å². The number of aromatic nitrogens is 4. The van der Waals surface area contributed by atoms with Crippen molar-refractivity contribution in [1.29, 1.82) is 0 Å². The average molecular weight is 280 g/mol. The highest BCUT2D eigenvalue weighted by atomic mass is 16.5. The number of methoxy groups -OCH3 is 1. The van der Waals surface area contributed by atoms with Gasteiger partial charge in [0.1, 0.15) is 5.82 Å². The topological polar surface area (TPSA) is 80.8 Å². The highest BCUT2D eigenvalue weighted by Gasteiger charge is 2.06. The van der Waals surface area contributed by atoms with E-state index in [-0.39, 0.29) is 5.56 Å². The van der Waals surface area contributed by atoms with Crippen LogP contribution >= 0.6 is 0 Å². The SMILES string of the molecule is COc1cc(-c2cc(=O)nc(-c3ccncc3)[nH]2)ccn1. The van der Waals surface area contributed by atoms with E-state index in [1.165, 1.54) is 6.07 Å². The Hall–Kier alpha value is -3.02. The molecule has 104 valence electrons. The molecule has 21 heavy (non-hydrogen) atoms. The van der Waals surface area contributed by atoms with E-state index < -0.39 is 0 Å². The van der Waals surface area contributed by atoms with E-state index in [0.717, 1.165) is 11.1 Å². The molecule has 3 rings (SSSR count). The molecule has 3 aromatic rings. The Bertz CT molecular complexity index is 815. The van der Waals surface area contributed by atoms with Crippen LogP contribution in [-0.2, 0) is 0 Å². The number of aromatic amines is 1. The molecule has 0 bridgehead atoms. The lowest BCUT2D eigenvalue weighted by Gasteiger charge is -2.06. The Kier molecular flexibility index (Phi) is 3.42.